The van der Waals surface area contributed by atoms with E-state index in [0.717, 1.165) is 22.3 Å². The van der Waals surface area contributed by atoms with Crippen molar-refractivity contribution < 1.29 is 0 Å². The molecule has 0 radical (unpaired) electrons. The Hall–Kier alpha value is -1.64. The number of nitrogens with two attached hydrogens (primary N) is 2. The molecule has 2 rings (SSSR count). The SMILES string of the molecule is Cc1cccc(C(N)(N)c2cccc(C)c2)c1. The number of hydrogen-bond donors (Lipinski definition) is 2. The molecule has 0 aliphatic heterocycles. The Kier molecular flexibility index (Phi) is 3.01. The lowest BCUT2D eigenvalue weighted by Crippen LogP contribution is -2.47. The van der Waals surface area contributed by atoms with Crippen molar-refractivity contribution in [2.45, 2.75) is 19.5 Å². The summed E-state index contributed by atoms with van der Waals surface area (Å²) in [6.07, 6.45) is 0. The third kappa shape index (κ3) is 2.38. The first-order valence-corrected chi connectivity index (χ1v) is 5.72. The van der Waals surface area contributed by atoms with Gasteiger partial charge in [-0.2, -0.15) is 0 Å². The summed E-state index contributed by atoms with van der Waals surface area (Å²) in [5.74, 6) is 0. The van der Waals surface area contributed by atoms with E-state index in [1.165, 1.54) is 0 Å². The van der Waals surface area contributed by atoms with Crippen LogP contribution < -0.4 is 11.5 Å². The molecule has 2 heteroatoms. The summed E-state index contributed by atoms with van der Waals surface area (Å²) in [6.45, 7) is 4.08. The van der Waals surface area contributed by atoms with Gasteiger partial charge in [-0.05, 0) is 25.0 Å². The summed E-state index contributed by atoms with van der Waals surface area (Å²) < 4.78 is 0. The lowest BCUT2D eigenvalue weighted by Gasteiger charge is -2.26. The first kappa shape index (κ1) is 11.8. The topological polar surface area (TPSA) is 52.0 Å². The second-order valence-electron chi connectivity index (χ2n) is 4.61. The van der Waals surface area contributed by atoms with Gasteiger partial charge in [0.15, 0.2) is 0 Å². The lowest BCUT2D eigenvalue weighted by molar-refractivity contribution is 0.567. The standard InChI is InChI=1S/C15H18N2/c1-11-5-3-7-13(9-11)15(16,17)14-8-4-6-12(2)10-14/h3-10H,16-17H2,1-2H3. The molecule has 0 saturated carbocycles. The van der Waals surface area contributed by atoms with E-state index in [2.05, 4.69) is 0 Å². The maximum absolute atomic E-state index is 6.27. The summed E-state index contributed by atoms with van der Waals surface area (Å²) in [4.78, 5) is 0. The van der Waals surface area contributed by atoms with Crippen LogP contribution >= 0.6 is 0 Å². The Morgan fingerprint density at radius 2 is 1.18 bits per heavy atom. The predicted molar refractivity (Wildman–Crippen MR) is 71.5 cm³/mol. The molecule has 2 nitrogen and oxygen atoms in total. The van der Waals surface area contributed by atoms with Crippen LogP contribution in [0.25, 0.3) is 0 Å². The van der Waals surface area contributed by atoms with Crippen molar-refractivity contribution in [2.75, 3.05) is 0 Å². The first-order chi connectivity index (χ1) is 8.00. The highest BCUT2D eigenvalue weighted by Crippen LogP contribution is 2.23. The highest BCUT2D eigenvalue weighted by atomic mass is 15.0. The van der Waals surface area contributed by atoms with E-state index < -0.39 is 5.66 Å². The Labute approximate surface area is 102 Å². The molecule has 2 aromatic carbocycles. The summed E-state index contributed by atoms with van der Waals surface area (Å²) in [5.41, 5.74) is 15.8. The Morgan fingerprint density at radius 1 is 0.765 bits per heavy atom. The molecule has 88 valence electrons. The average molecular weight is 226 g/mol. The van der Waals surface area contributed by atoms with Crippen LogP contribution in [-0.2, 0) is 5.66 Å². The van der Waals surface area contributed by atoms with Crippen LogP contribution in [0.5, 0.6) is 0 Å². The van der Waals surface area contributed by atoms with Gasteiger partial charge in [-0.15, -0.1) is 0 Å². The zero-order valence-corrected chi connectivity index (χ0v) is 10.3. The zero-order chi connectivity index (χ0) is 12.5. The minimum atomic E-state index is -0.933. The van der Waals surface area contributed by atoms with Crippen molar-refractivity contribution in [3.63, 3.8) is 0 Å². The molecule has 17 heavy (non-hydrogen) atoms. The van der Waals surface area contributed by atoms with Gasteiger partial charge in [-0.25, -0.2) is 0 Å². The van der Waals surface area contributed by atoms with Crippen LogP contribution in [0.1, 0.15) is 22.3 Å². The molecule has 0 aromatic heterocycles. The molecule has 0 bridgehead atoms. The highest BCUT2D eigenvalue weighted by Gasteiger charge is 2.24. The molecule has 0 aliphatic rings. The van der Waals surface area contributed by atoms with E-state index in [9.17, 15) is 0 Å². The molecule has 0 fully saturated rings. The van der Waals surface area contributed by atoms with E-state index in [-0.39, 0.29) is 0 Å². The molecule has 0 saturated heterocycles. The minimum absolute atomic E-state index is 0.933. The normalized spacial score (nSPS) is 11.5. The highest BCUT2D eigenvalue weighted by molar-refractivity contribution is 5.39. The molecular formula is C15H18N2. The Bertz CT molecular complexity index is 482. The maximum atomic E-state index is 6.27. The zero-order valence-electron chi connectivity index (χ0n) is 10.3. The van der Waals surface area contributed by atoms with Crippen molar-refractivity contribution in [1.29, 1.82) is 0 Å². The summed E-state index contributed by atoms with van der Waals surface area (Å²) in [5, 5.41) is 0. The second-order valence-corrected chi connectivity index (χ2v) is 4.61. The van der Waals surface area contributed by atoms with Gasteiger partial charge in [-0.3, -0.25) is 0 Å². The van der Waals surface area contributed by atoms with E-state index in [0.29, 0.717) is 0 Å². The molecular weight excluding hydrogens is 208 g/mol. The predicted octanol–water partition coefficient (Wildman–Crippen LogP) is 2.42. The summed E-state index contributed by atoms with van der Waals surface area (Å²) in [6, 6.07) is 16.0. The van der Waals surface area contributed by atoms with Gasteiger partial charge in [0.25, 0.3) is 0 Å². The van der Waals surface area contributed by atoms with Gasteiger partial charge < -0.3 is 11.5 Å². The van der Waals surface area contributed by atoms with Crippen molar-refractivity contribution in [1.82, 2.24) is 0 Å². The molecule has 0 heterocycles. The number of benzene rings is 2. The fourth-order valence-corrected chi connectivity index (χ4v) is 1.97. The van der Waals surface area contributed by atoms with Crippen molar-refractivity contribution in [2.24, 2.45) is 11.5 Å². The van der Waals surface area contributed by atoms with Crippen LogP contribution in [-0.4, -0.2) is 0 Å². The lowest BCUT2D eigenvalue weighted by atomic mass is 9.91. The summed E-state index contributed by atoms with van der Waals surface area (Å²) >= 11 is 0. The maximum Gasteiger partial charge on any atom is 0.116 e. The molecule has 0 spiro atoms. The number of hydrogen-bond acceptors (Lipinski definition) is 2. The monoisotopic (exact) mass is 226 g/mol. The fraction of sp³-hybridized carbons (Fsp3) is 0.200. The van der Waals surface area contributed by atoms with Gasteiger partial charge in [0.1, 0.15) is 5.66 Å². The van der Waals surface area contributed by atoms with Crippen molar-refractivity contribution in [3.8, 4) is 0 Å². The van der Waals surface area contributed by atoms with E-state index in [1.54, 1.807) is 0 Å². The first-order valence-electron chi connectivity index (χ1n) is 5.72. The van der Waals surface area contributed by atoms with Crippen molar-refractivity contribution >= 4 is 0 Å². The second kappa shape index (κ2) is 4.32. The third-order valence-electron chi connectivity index (χ3n) is 2.99. The largest absolute Gasteiger partial charge is 0.306 e. The van der Waals surface area contributed by atoms with Crippen LogP contribution in [0.2, 0.25) is 0 Å². The molecule has 0 atom stereocenters. The Morgan fingerprint density at radius 3 is 1.53 bits per heavy atom. The van der Waals surface area contributed by atoms with Gasteiger partial charge in [-0.1, -0.05) is 59.7 Å². The van der Waals surface area contributed by atoms with Gasteiger partial charge in [0.2, 0.25) is 0 Å². The Balaban J connectivity index is 2.49. The fourth-order valence-electron chi connectivity index (χ4n) is 1.97. The average Bonchev–Trinajstić information content (AvgIpc) is 2.29. The molecule has 4 N–H and O–H groups in total. The molecule has 0 amide bonds. The van der Waals surface area contributed by atoms with E-state index in [1.807, 2.05) is 62.4 Å². The van der Waals surface area contributed by atoms with E-state index >= 15 is 0 Å². The summed E-state index contributed by atoms with van der Waals surface area (Å²) in [7, 11) is 0. The molecule has 0 aliphatic carbocycles. The van der Waals surface area contributed by atoms with Gasteiger partial charge in [0.05, 0.1) is 0 Å². The van der Waals surface area contributed by atoms with Crippen LogP contribution in [0.4, 0.5) is 0 Å². The minimum Gasteiger partial charge on any atom is -0.306 e. The smallest absolute Gasteiger partial charge is 0.116 e. The van der Waals surface area contributed by atoms with Crippen molar-refractivity contribution in [3.05, 3.63) is 70.8 Å². The van der Waals surface area contributed by atoms with Crippen LogP contribution in [0, 0.1) is 13.8 Å². The van der Waals surface area contributed by atoms with Gasteiger partial charge in [0, 0.05) is 0 Å². The number of aryl methyl sites for hydroxylation is 2. The molecule has 0 unspecified atom stereocenters. The quantitative estimate of drug-likeness (QED) is 0.773. The molecule has 2 aromatic rings. The van der Waals surface area contributed by atoms with Gasteiger partial charge >= 0.3 is 0 Å². The third-order valence-corrected chi connectivity index (χ3v) is 2.99. The van der Waals surface area contributed by atoms with Crippen LogP contribution in [0.3, 0.4) is 0 Å². The van der Waals surface area contributed by atoms with E-state index in [4.69, 9.17) is 11.5 Å². The number of rotatable bonds is 2. The van der Waals surface area contributed by atoms with Crippen LogP contribution in [0.15, 0.2) is 48.5 Å².